The normalized spacial score (nSPS) is 26.9. The lowest BCUT2D eigenvalue weighted by atomic mass is 9.78. The summed E-state index contributed by atoms with van der Waals surface area (Å²) >= 11 is 3.61. The van der Waals surface area contributed by atoms with E-state index >= 15 is 0 Å². The second-order valence-electron chi connectivity index (χ2n) is 6.54. The Kier molecular flexibility index (Phi) is 4.37. The number of fused-ring (bicyclic) bond motifs is 1. The highest BCUT2D eigenvalue weighted by molar-refractivity contribution is 9.10. The summed E-state index contributed by atoms with van der Waals surface area (Å²) < 4.78 is 6.97. The Hall–Kier alpha value is -0.540. The van der Waals surface area contributed by atoms with Crippen molar-refractivity contribution in [2.75, 3.05) is 6.61 Å². The molecule has 1 atom stereocenters. The third-order valence-corrected chi connectivity index (χ3v) is 5.40. The quantitative estimate of drug-likeness (QED) is 0.901. The van der Waals surface area contributed by atoms with Gasteiger partial charge in [0.05, 0.1) is 6.61 Å². The first-order valence-electron chi connectivity index (χ1n) is 7.83. The van der Waals surface area contributed by atoms with Gasteiger partial charge in [0.1, 0.15) is 5.75 Å². The highest BCUT2D eigenvalue weighted by Crippen LogP contribution is 2.36. The molecule has 1 aliphatic heterocycles. The molecule has 0 radical (unpaired) electrons. The fourth-order valence-electron chi connectivity index (χ4n) is 3.63. The first kappa shape index (κ1) is 14.4. The van der Waals surface area contributed by atoms with E-state index in [9.17, 15) is 0 Å². The molecule has 0 spiro atoms. The summed E-state index contributed by atoms with van der Waals surface area (Å²) in [6.45, 7) is 3.17. The summed E-state index contributed by atoms with van der Waals surface area (Å²) in [7, 11) is 0. The first-order valence-corrected chi connectivity index (χ1v) is 8.62. The van der Waals surface area contributed by atoms with Crippen LogP contribution in [0.15, 0.2) is 16.6 Å². The first-order chi connectivity index (χ1) is 9.63. The maximum atomic E-state index is 6.50. The molecule has 0 amide bonds. The van der Waals surface area contributed by atoms with Crippen molar-refractivity contribution in [3.63, 3.8) is 0 Å². The molecule has 3 rings (SSSR count). The minimum Gasteiger partial charge on any atom is -0.493 e. The van der Waals surface area contributed by atoms with Crippen LogP contribution >= 0.6 is 15.9 Å². The van der Waals surface area contributed by atoms with Gasteiger partial charge in [-0.15, -0.1) is 0 Å². The van der Waals surface area contributed by atoms with Crippen LogP contribution in [0.2, 0.25) is 0 Å². The average Bonchev–Trinajstić information content (AvgIpc) is 2.87. The van der Waals surface area contributed by atoms with Crippen molar-refractivity contribution in [2.45, 2.75) is 51.5 Å². The molecule has 2 aliphatic rings. The van der Waals surface area contributed by atoms with E-state index in [4.69, 9.17) is 10.5 Å². The molecule has 1 fully saturated rings. The Labute approximate surface area is 130 Å². The lowest BCUT2D eigenvalue weighted by Crippen LogP contribution is -2.34. The Balaban J connectivity index is 1.71. The van der Waals surface area contributed by atoms with E-state index in [0.717, 1.165) is 35.6 Å². The molecule has 3 heteroatoms. The third kappa shape index (κ3) is 3.04. The smallest absolute Gasteiger partial charge is 0.125 e. The lowest BCUT2D eigenvalue weighted by Gasteiger charge is -2.31. The van der Waals surface area contributed by atoms with Gasteiger partial charge in [-0.1, -0.05) is 35.7 Å². The number of hydrogen-bond donors (Lipinski definition) is 1. The number of halogens is 1. The van der Waals surface area contributed by atoms with E-state index in [1.807, 2.05) is 0 Å². The zero-order chi connectivity index (χ0) is 14.1. The van der Waals surface area contributed by atoms with Crippen LogP contribution in [-0.4, -0.2) is 12.6 Å². The van der Waals surface area contributed by atoms with Gasteiger partial charge in [0.25, 0.3) is 0 Å². The number of nitrogens with two attached hydrogens (primary N) is 1. The minimum absolute atomic E-state index is 0.269. The molecule has 1 saturated carbocycles. The van der Waals surface area contributed by atoms with E-state index in [-0.39, 0.29) is 6.04 Å². The van der Waals surface area contributed by atoms with Gasteiger partial charge >= 0.3 is 0 Å². The molecule has 1 aromatic carbocycles. The van der Waals surface area contributed by atoms with Gasteiger partial charge in [0.2, 0.25) is 0 Å². The predicted octanol–water partition coefficient (Wildman–Crippen LogP) is 4.08. The van der Waals surface area contributed by atoms with Crippen LogP contribution in [0.4, 0.5) is 0 Å². The van der Waals surface area contributed by atoms with E-state index in [1.54, 1.807) is 0 Å². The molecule has 0 bridgehead atoms. The van der Waals surface area contributed by atoms with Crippen LogP contribution in [0.5, 0.6) is 5.75 Å². The van der Waals surface area contributed by atoms with Crippen LogP contribution in [-0.2, 0) is 12.8 Å². The van der Waals surface area contributed by atoms with Gasteiger partial charge < -0.3 is 10.5 Å². The van der Waals surface area contributed by atoms with E-state index in [0.29, 0.717) is 5.92 Å². The topological polar surface area (TPSA) is 35.2 Å². The second kappa shape index (κ2) is 6.07. The van der Waals surface area contributed by atoms with Crippen molar-refractivity contribution >= 4 is 15.9 Å². The van der Waals surface area contributed by atoms with Crippen molar-refractivity contribution in [2.24, 2.45) is 17.6 Å². The van der Waals surface area contributed by atoms with Gasteiger partial charge in [-0.3, -0.25) is 0 Å². The zero-order valence-corrected chi connectivity index (χ0v) is 13.8. The van der Waals surface area contributed by atoms with Crippen LogP contribution < -0.4 is 10.5 Å². The highest BCUT2D eigenvalue weighted by atomic mass is 79.9. The summed E-state index contributed by atoms with van der Waals surface area (Å²) in [5, 5.41) is 0. The van der Waals surface area contributed by atoms with Gasteiger partial charge in [0, 0.05) is 16.9 Å². The Bertz CT molecular complexity index is 480. The molecular formula is C17H24BrNO. The summed E-state index contributed by atoms with van der Waals surface area (Å²) in [6, 6.07) is 4.64. The van der Waals surface area contributed by atoms with Crippen molar-refractivity contribution < 1.29 is 4.74 Å². The molecular weight excluding hydrogens is 314 g/mol. The summed E-state index contributed by atoms with van der Waals surface area (Å²) in [5.74, 6) is 2.67. The average molecular weight is 338 g/mol. The molecule has 1 aliphatic carbocycles. The molecule has 2 nitrogen and oxygen atoms in total. The van der Waals surface area contributed by atoms with Crippen molar-refractivity contribution in [1.82, 2.24) is 0 Å². The van der Waals surface area contributed by atoms with E-state index in [2.05, 4.69) is 35.0 Å². The molecule has 110 valence electrons. The van der Waals surface area contributed by atoms with Crippen LogP contribution in [0.3, 0.4) is 0 Å². The molecule has 1 unspecified atom stereocenters. The Morgan fingerprint density at radius 1 is 1.30 bits per heavy atom. The van der Waals surface area contributed by atoms with Gasteiger partial charge in [-0.2, -0.15) is 0 Å². The summed E-state index contributed by atoms with van der Waals surface area (Å²) in [6.07, 6.45) is 7.23. The molecule has 0 aromatic heterocycles. The monoisotopic (exact) mass is 337 g/mol. The van der Waals surface area contributed by atoms with Gasteiger partial charge in [-0.25, -0.2) is 0 Å². The van der Waals surface area contributed by atoms with Crippen molar-refractivity contribution in [3.8, 4) is 5.75 Å². The maximum Gasteiger partial charge on any atom is 0.125 e. The van der Waals surface area contributed by atoms with Crippen molar-refractivity contribution in [3.05, 3.63) is 27.7 Å². The zero-order valence-electron chi connectivity index (χ0n) is 12.2. The van der Waals surface area contributed by atoms with Crippen LogP contribution in [0.25, 0.3) is 0 Å². The van der Waals surface area contributed by atoms with Crippen LogP contribution in [0, 0.1) is 11.8 Å². The number of hydrogen-bond acceptors (Lipinski definition) is 2. The number of benzene rings is 1. The largest absolute Gasteiger partial charge is 0.493 e. The predicted molar refractivity (Wildman–Crippen MR) is 86.1 cm³/mol. The SMILES string of the molecule is CC1CCC(C(N)Cc2cc(Br)cc3c2OCC3)CC1. The molecule has 1 aromatic rings. The highest BCUT2D eigenvalue weighted by Gasteiger charge is 2.26. The molecule has 20 heavy (non-hydrogen) atoms. The second-order valence-corrected chi connectivity index (χ2v) is 7.46. The third-order valence-electron chi connectivity index (χ3n) is 4.95. The van der Waals surface area contributed by atoms with E-state index < -0.39 is 0 Å². The summed E-state index contributed by atoms with van der Waals surface area (Å²) in [5.41, 5.74) is 9.12. The lowest BCUT2D eigenvalue weighted by molar-refractivity contribution is 0.252. The number of ether oxygens (including phenoxy) is 1. The molecule has 1 heterocycles. The standard InChI is InChI=1S/C17H24BrNO/c1-11-2-4-12(5-3-11)16(19)10-14-9-15(18)8-13-6-7-20-17(13)14/h8-9,11-12,16H,2-7,10,19H2,1H3. The van der Waals surface area contributed by atoms with Gasteiger partial charge in [0.15, 0.2) is 0 Å². The maximum absolute atomic E-state index is 6.50. The van der Waals surface area contributed by atoms with Crippen molar-refractivity contribution in [1.29, 1.82) is 0 Å². The molecule has 2 N–H and O–H groups in total. The van der Waals surface area contributed by atoms with Crippen LogP contribution in [0.1, 0.15) is 43.7 Å². The minimum atomic E-state index is 0.269. The summed E-state index contributed by atoms with van der Waals surface area (Å²) in [4.78, 5) is 0. The Morgan fingerprint density at radius 3 is 2.80 bits per heavy atom. The fourth-order valence-corrected chi connectivity index (χ4v) is 4.18. The van der Waals surface area contributed by atoms with Gasteiger partial charge in [-0.05, 0) is 54.4 Å². The fraction of sp³-hybridized carbons (Fsp3) is 0.647. The molecule has 0 saturated heterocycles. The van der Waals surface area contributed by atoms with E-state index in [1.165, 1.54) is 36.8 Å². The Morgan fingerprint density at radius 2 is 2.05 bits per heavy atom. The number of rotatable bonds is 3.